The second kappa shape index (κ2) is 6.62. The van der Waals surface area contributed by atoms with Gasteiger partial charge < -0.3 is 5.73 Å². The number of aryl methyl sites for hydroxylation is 1. The number of hydrazone groups is 1. The number of nitrogens with two attached hydrogens (primary N) is 1. The summed E-state index contributed by atoms with van der Waals surface area (Å²) in [5, 5.41) is 3.99. The minimum atomic E-state index is -0.662. The number of hydrogen-bond donors (Lipinski definition) is 2. The van der Waals surface area contributed by atoms with Crippen LogP contribution in [0.25, 0.3) is 0 Å². The van der Waals surface area contributed by atoms with Crippen LogP contribution in [0.3, 0.4) is 0 Å². The molecule has 5 heteroatoms. The molecule has 5 nitrogen and oxygen atoms in total. The number of urea groups is 1. The van der Waals surface area contributed by atoms with E-state index in [-0.39, 0.29) is 0 Å². The van der Waals surface area contributed by atoms with Crippen LogP contribution in [0.5, 0.6) is 0 Å². The number of primary amides is 1. The molecule has 1 heterocycles. The van der Waals surface area contributed by atoms with E-state index in [1.54, 1.807) is 6.20 Å². The molecule has 0 aliphatic rings. The van der Waals surface area contributed by atoms with Gasteiger partial charge in [-0.3, -0.25) is 4.98 Å². The number of amides is 2. The first-order valence-corrected chi connectivity index (χ1v) is 5.74. The maximum absolute atomic E-state index is 10.6. The summed E-state index contributed by atoms with van der Waals surface area (Å²) in [6.07, 6.45) is 4.37. The third-order valence-corrected chi connectivity index (χ3v) is 2.32. The lowest BCUT2D eigenvalue weighted by Crippen LogP contribution is -2.26. The number of carbonyl (C=O) groups is 1. The predicted molar refractivity (Wildman–Crippen MR) is 67.8 cm³/mol. The van der Waals surface area contributed by atoms with E-state index in [1.165, 1.54) is 5.56 Å². The summed E-state index contributed by atoms with van der Waals surface area (Å²) in [4.78, 5) is 14.9. The number of rotatable bonds is 5. The van der Waals surface area contributed by atoms with Crippen molar-refractivity contribution in [2.24, 2.45) is 10.8 Å². The number of carbonyl (C=O) groups excluding carboxylic acids is 1. The van der Waals surface area contributed by atoms with Crippen LogP contribution < -0.4 is 11.2 Å². The highest BCUT2D eigenvalue weighted by molar-refractivity contribution is 5.99. The molecule has 3 N–H and O–H groups in total. The van der Waals surface area contributed by atoms with E-state index >= 15 is 0 Å². The van der Waals surface area contributed by atoms with Crippen LogP contribution in [0.1, 0.15) is 37.9 Å². The molecule has 0 bridgehead atoms. The van der Waals surface area contributed by atoms with E-state index < -0.39 is 6.03 Å². The van der Waals surface area contributed by atoms with Gasteiger partial charge >= 0.3 is 6.03 Å². The summed E-state index contributed by atoms with van der Waals surface area (Å²) < 4.78 is 0. The van der Waals surface area contributed by atoms with Gasteiger partial charge in [0.1, 0.15) is 0 Å². The predicted octanol–water partition coefficient (Wildman–Crippen LogP) is 1.82. The Labute approximate surface area is 101 Å². The van der Waals surface area contributed by atoms with E-state index in [4.69, 9.17) is 5.73 Å². The number of aromatic nitrogens is 1. The standard InChI is InChI=1S/C12H18N4O/c1-3-5-10(15-16-12(13)17)11-8-9(4-2)6-7-14-11/h6-8H,3-5H2,1-2H3,(H3,13,16,17)/b15-10+. The van der Waals surface area contributed by atoms with Crippen molar-refractivity contribution in [2.45, 2.75) is 33.1 Å². The molecule has 0 unspecified atom stereocenters. The van der Waals surface area contributed by atoms with Crippen molar-refractivity contribution in [2.75, 3.05) is 0 Å². The van der Waals surface area contributed by atoms with Crippen molar-refractivity contribution in [3.05, 3.63) is 29.6 Å². The van der Waals surface area contributed by atoms with E-state index in [1.807, 2.05) is 19.1 Å². The molecule has 0 atom stereocenters. The zero-order valence-electron chi connectivity index (χ0n) is 10.2. The van der Waals surface area contributed by atoms with Gasteiger partial charge in [-0.05, 0) is 30.5 Å². The van der Waals surface area contributed by atoms with Gasteiger partial charge in [0.25, 0.3) is 0 Å². The third kappa shape index (κ3) is 4.22. The molecule has 0 fully saturated rings. The molecule has 0 aliphatic heterocycles. The van der Waals surface area contributed by atoms with Gasteiger partial charge in [0.15, 0.2) is 0 Å². The van der Waals surface area contributed by atoms with Crippen LogP contribution in [-0.2, 0) is 6.42 Å². The van der Waals surface area contributed by atoms with Gasteiger partial charge in [0, 0.05) is 6.20 Å². The van der Waals surface area contributed by atoms with Crippen LogP contribution in [0.15, 0.2) is 23.4 Å². The number of nitrogens with one attached hydrogen (secondary N) is 1. The lowest BCUT2D eigenvalue weighted by Gasteiger charge is -2.06. The first kappa shape index (κ1) is 13.2. The molecular formula is C12H18N4O. The van der Waals surface area contributed by atoms with Gasteiger partial charge in [0.2, 0.25) is 0 Å². The first-order chi connectivity index (χ1) is 8.17. The molecule has 0 saturated carbocycles. The zero-order valence-corrected chi connectivity index (χ0v) is 10.2. The van der Waals surface area contributed by atoms with Crippen molar-refractivity contribution in [1.29, 1.82) is 0 Å². The van der Waals surface area contributed by atoms with E-state index in [9.17, 15) is 4.79 Å². The van der Waals surface area contributed by atoms with Crippen LogP contribution in [-0.4, -0.2) is 16.7 Å². The highest BCUT2D eigenvalue weighted by atomic mass is 16.2. The van der Waals surface area contributed by atoms with Crippen LogP contribution in [0.4, 0.5) is 4.79 Å². The van der Waals surface area contributed by atoms with Crippen LogP contribution in [0.2, 0.25) is 0 Å². The number of nitrogens with zero attached hydrogens (tertiary/aromatic N) is 2. The average molecular weight is 234 g/mol. The van der Waals surface area contributed by atoms with Gasteiger partial charge in [-0.15, -0.1) is 0 Å². The zero-order chi connectivity index (χ0) is 12.7. The Balaban J connectivity index is 2.95. The Hall–Kier alpha value is -1.91. The first-order valence-electron chi connectivity index (χ1n) is 5.74. The van der Waals surface area contributed by atoms with Crippen LogP contribution >= 0.6 is 0 Å². The smallest absolute Gasteiger partial charge is 0.332 e. The fraction of sp³-hybridized carbons (Fsp3) is 0.417. The summed E-state index contributed by atoms with van der Waals surface area (Å²) in [6, 6.07) is 3.29. The van der Waals surface area contributed by atoms with Crippen molar-refractivity contribution in [3.8, 4) is 0 Å². The molecule has 92 valence electrons. The maximum Gasteiger partial charge on any atom is 0.332 e. The van der Waals surface area contributed by atoms with Crippen molar-refractivity contribution < 1.29 is 4.79 Å². The van der Waals surface area contributed by atoms with Crippen molar-refractivity contribution in [1.82, 2.24) is 10.4 Å². The maximum atomic E-state index is 10.6. The second-order valence-corrected chi connectivity index (χ2v) is 3.69. The van der Waals surface area contributed by atoms with Crippen molar-refractivity contribution >= 4 is 11.7 Å². The molecule has 0 aromatic carbocycles. The normalized spacial score (nSPS) is 11.3. The van der Waals surface area contributed by atoms with Gasteiger partial charge in [-0.25, -0.2) is 10.2 Å². The molecule has 0 radical (unpaired) electrons. The Morgan fingerprint density at radius 1 is 1.53 bits per heavy atom. The van der Waals surface area contributed by atoms with Gasteiger partial charge in [-0.1, -0.05) is 20.3 Å². The lowest BCUT2D eigenvalue weighted by molar-refractivity contribution is 0.249. The summed E-state index contributed by atoms with van der Waals surface area (Å²) in [5.41, 5.74) is 9.98. The topological polar surface area (TPSA) is 80.4 Å². The molecule has 0 aliphatic carbocycles. The van der Waals surface area contributed by atoms with Crippen LogP contribution in [0, 0.1) is 0 Å². The Kier molecular flexibility index (Phi) is 5.13. The number of pyridine rings is 1. The Morgan fingerprint density at radius 3 is 2.88 bits per heavy atom. The largest absolute Gasteiger partial charge is 0.350 e. The summed E-state index contributed by atoms with van der Waals surface area (Å²) in [7, 11) is 0. The average Bonchev–Trinajstić information content (AvgIpc) is 2.34. The van der Waals surface area contributed by atoms with Gasteiger partial charge in [0.05, 0.1) is 11.4 Å². The summed E-state index contributed by atoms with van der Waals surface area (Å²) >= 11 is 0. The quantitative estimate of drug-likeness (QED) is 0.602. The van der Waals surface area contributed by atoms with E-state index in [2.05, 4.69) is 22.4 Å². The monoisotopic (exact) mass is 234 g/mol. The molecular weight excluding hydrogens is 216 g/mol. The second-order valence-electron chi connectivity index (χ2n) is 3.69. The fourth-order valence-electron chi connectivity index (χ4n) is 1.45. The minimum Gasteiger partial charge on any atom is -0.350 e. The highest BCUT2D eigenvalue weighted by Crippen LogP contribution is 2.07. The van der Waals surface area contributed by atoms with E-state index in [0.717, 1.165) is 30.7 Å². The van der Waals surface area contributed by atoms with E-state index in [0.29, 0.717) is 0 Å². The molecule has 0 spiro atoms. The van der Waals surface area contributed by atoms with Crippen molar-refractivity contribution in [3.63, 3.8) is 0 Å². The third-order valence-electron chi connectivity index (χ3n) is 2.32. The lowest BCUT2D eigenvalue weighted by atomic mass is 10.1. The molecule has 2 amide bonds. The molecule has 0 saturated heterocycles. The summed E-state index contributed by atoms with van der Waals surface area (Å²) in [5.74, 6) is 0. The molecule has 17 heavy (non-hydrogen) atoms. The summed E-state index contributed by atoms with van der Waals surface area (Å²) in [6.45, 7) is 4.13. The molecule has 1 aromatic rings. The fourth-order valence-corrected chi connectivity index (χ4v) is 1.45. The highest BCUT2D eigenvalue weighted by Gasteiger charge is 2.05. The Bertz CT molecular complexity index is 415. The SMILES string of the molecule is CCC/C(=N\NC(N)=O)c1cc(CC)ccn1. The number of hydrogen-bond acceptors (Lipinski definition) is 3. The Morgan fingerprint density at radius 2 is 2.29 bits per heavy atom. The molecule has 1 aromatic heterocycles. The van der Waals surface area contributed by atoms with Gasteiger partial charge in [-0.2, -0.15) is 5.10 Å². The minimum absolute atomic E-state index is 0.662. The molecule has 1 rings (SSSR count).